The van der Waals surface area contributed by atoms with Gasteiger partial charge in [-0.05, 0) is 24.6 Å². The number of amides is 2. The van der Waals surface area contributed by atoms with E-state index < -0.39 is 32.5 Å². The summed E-state index contributed by atoms with van der Waals surface area (Å²) in [6.07, 6.45) is 3.58. The lowest BCUT2D eigenvalue weighted by Crippen LogP contribution is -2.36. The van der Waals surface area contributed by atoms with Crippen LogP contribution in [0.1, 0.15) is 28.0 Å². The van der Waals surface area contributed by atoms with Crippen LogP contribution in [0.3, 0.4) is 0 Å². The maximum Gasteiger partial charge on any atom is 0.259 e. The Morgan fingerprint density at radius 1 is 1.16 bits per heavy atom. The Morgan fingerprint density at radius 3 is 2.68 bits per heavy atom. The molecule has 1 aromatic carbocycles. The van der Waals surface area contributed by atoms with Gasteiger partial charge in [-0.15, -0.1) is 0 Å². The first-order chi connectivity index (χ1) is 17.7. The number of anilines is 2. The molecule has 0 aliphatic carbocycles. The fourth-order valence-electron chi connectivity index (χ4n) is 4.25. The average molecular weight is 533 g/mol. The highest BCUT2D eigenvalue weighted by atomic mass is 32.2. The summed E-state index contributed by atoms with van der Waals surface area (Å²) in [4.78, 5) is 29.1. The molecule has 2 aliphatic heterocycles. The van der Waals surface area contributed by atoms with Crippen molar-refractivity contribution in [3.05, 3.63) is 65.1 Å². The Morgan fingerprint density at radius 2 is 1.95 bits per heavy atom. The number of hydrogen-bond acceptors (Lipinski definition) is 7. The van der Waals surface area contributed by atoms with Crippen molar-refractivity contribution in [2.45, 2.75) is 24.3 Å². The normalized spacial score (nSPS) is 17.8. The van der Waals surface area contributed by atoms with E-state index in [1.165, 1.54) is 18.5 Å². The molecule has 1 saturated heterocycles. The van der Waals surface area contributed by atoms with Crippen molar-refractivity contribution in [3.63, 3.8) is 0 Å². The average Bonchev–Trinajstić information content (AvgIpc) is 3.54. The standard InChI is InChI=1S/C23H22F2N6O5S/c24-14-7-15(25)9-16(8-14)37(34,35)31-5-2-19-18(11-31)21(30-29-19)28-23(33)17-1-4-26-10-20(17)27-22(32)13-3-6-36-12-13/h1,4,7-10,13H,2-3,5-6,11-12H2,(H,27,32)(H2,28,29,30,33). The van der Waals surface area contributed by atoms with Crippen LogP contribution >= 0.6 is 0 Å². The number of hydrogen-bond donors (Lipinski definition) is 3. The highest BCUT2D eigenvalue weighted by Gasteiger charge is 2.32. The van der Waals surface area contributed by atoms with Crippen LogP contribution in [0.4, 0.5) is 20.3 Å². The van der Waals surface area contributed by atoms with E-state index >= 15 is 0 Å². The number of benzene rings is 1. The third kappa shape index (κ3) is 5.08. The van der Waals surface area contributed by atoms with Gasteiger partial charge >= 0.3 is 0 Å². The van der Waals surface area contributed by atoms with E-state index in [9.17, 15) is 26.8 Å². The zero-order valence-corrected chi connectivity index (χ0v) is 20.1. The summed E-state index contributed by atoms with van der Waals surface area (Å²) in [5.41, 5.74) is 1.38. The van der Waals surface area contributed by atoms with Crippen molar-refractivity contribution in [3.8, 4) is 0 Å². The van der Waals surface area contributed by atoms with Crippen LogP contribution in [-0.4, -0.2) is 59.5 Å². The molecule has 3 aromatic rings. The van der Waals surface area contributed by atoms with Crippen LogP contribution in [0.5, 0.6) is 0 Å². The van der Waals surface area contributed by atoms with Gasteiger partial charge in [0.15, 0.2) is 5.82 Å². The van der Waals surface area contributed by atoms with Gasteiger partial charge in [0, 0.05) is 49.6 Å². The van der Waals surface area contributed by atoms with Gasteiger partial charge in [0.1, 0.15) is 11.6 Å². The second-order valence-electron chi connectivity index (χ2n) is 8.65. The SMILES string of the molecule is O=C(Nc1n[nH]c2c1CN(S(=O)(=O)c1cc(F)cc(F)c1)CC2)c1ccncc1NC(=O)C1CCOC1. The number of pyridine rings is 1. The number of H-pyrrole nitrogens is 1. The van der Waals surface area contributed by atoms with Crippen molar-refractivity contribution in [1.82, 2.24) is 19.5 Å². The van der Waals surface area contributed by atoms with Crippen molar-refractivity contribution in [1.29, 1.82) is 0 Å². The highest BCUT2D eigenvalue weighted by Crippen LogP contribution is 2.29. The van der Waals surface area contributed by atoms with Gasteiger partial charge in [-0.1, -0.05) is 0 Å². The minimum absolute atomic E-state index is 0.0501. The summed E-state index contributed by atoms with van der Waals surface area (Å²) in [6, 6.07) is 3.53. The molecule has 0 radical (unpaired) electrons. The van der Waals surface area contributed by atoms with E-state index in [1.807, 2.05) is 0 Å². The van der Waals surface area contributed by atoms with Crippen LogP contribution in [-0.2, 0) is 32.5 Å². The van der Waals surface area contributed by atoms with Crippen molar-refractivity contribution >= 4 is 33.3 Å². The van der Waals surface area contributed by atoms with Gasteiger partial charge in [0.2, 0.25) is 15.9 Å². The van der Waals surface area contributed by atoms with Gasteiger partial charge in [-0.3, -0.25) is 19.7 Å². The van der Waals surface area contributed by atoms with Crippen LogP contribution in [0.15, 0.2) is 41.6 Å². The topological polar surface area (TPSA) is 146 Å². The number of rotatable bonds is 6. The number of carbonyl (C=O) groups is 2. The molecule has 14 heteroatoms. The summed E-state index contributed by atoms with van der Waals surface area (Å²) in [5, 5.41) is 12.3. The van der Waals surface area contributed by atoms with Crippen LogP contribution in [0.2, 0.25) is 0 Å². The minimum atomic E-state index is -4.22. The largest absolute Gasteiger partial charge is 0.381 e. The predicted octanol–water partition coefficient (Wildman–Crippen LogP) is 2.06. The summed E-state index contributed by atoms with van der Waals surface area (Å²) in [6.45, 7) is 0.663. The Kier molecular flexibility index (Phi) is 6.70. The molecule has 11 nitrogen and oxygen atoms in total. The molecular formula is C23H22F2N6O5S. The molecule has 2 amide bonds. The molecule has 0 bridgehead atoms. The molecule has 1 unspecified atom stereocenters. The van der Waals surface area contributed by atoms with Crippen LogP contribution in [0.25, 0.3) is 0 Å². The number of aromatic amines is 1. The van der Waals surface area contributed by atoms with E-state index in [1.54, 1.807) is 0 Å². The van der Waals surface area contributed by atoms with Gasteiger partial charge in [-0.25, -0.2) is 17.2 Å². The fourth-order valence-corrected chi connectivity index (χ4v) is 5.70. The number of ether oxygens (including phenoxy) is 1. The number of halogens is 2. The van der Waals surface area contributed by atoms with Crippen LogP contribution in [0, 0.1) is 17.6 Å². The lowest BCUT2D eigenvalue weighted by molar-refractivity contribution is -0.119. The quantitative estimate of drug-likeness (QED) is 0.440. The molecule has 4 heterocycles. The first-order valence-corrected chi connectivity index (χ1v) is 12.8. The molecule has 2 aliphatic rings. The summed E-state index contributed by atoms with van der Waals surface area (Å²) >= 11 is 0. The third-order valence-corrected chi connectivity index (χ3v) is 8.05. The second kappa shape index (κ2) is 9.95. The molecular weight excluding hydrogens is 510 g/mol. The lowest BCUT2D eigenvalue weighted by Gasteiger charge is -2.26. The molecule has 1 atom stereocenters. The third-order valence-electron chi connectivity index (χ3n) is 6.23. The smallest absolute Gasteiger partial charge is 0.259 e. The molecule has 2 aromatic heterocycles. The molecule has 0 spiro atoms. The molecule has 1 fully saturated rings. The summed E-state index contributed by atoms with van der Waals surface area (Å²) < 4.78 is 59.7. The number of fused-ring (bicyclic) bond motifs is 1. The summed E-state index contributed by atoms with van der Waals surface area (Å²) in [7, 11) is -4.22. The van der Waals surface area contributed by atoms with E-state index in [-0.39, 0.29) is 48.4 Å². The van der Waals surface area contributed by atoms with Gasteiger partial charge in [0.05, 0.1) is 34.9 Å². The Hall–Kier alpha value is -3.75. The number of aromatic nitrogens is 3. The molecule has 0 saturated carbocycles. The fraction of sp³-hybridized carbons (Fsp3) is 0.304. The molecule has 3 N–H and O–H groups in total. The minimum Gasteiger partial charge on any atom is -0.381 e. The van der Waals surface area contributed by atoms with E-state index in [0.717, 1.165) is 16.4 Å². The zero-order valence-electron chi connectivity index (χ0n) is 19.3. The van der Waals surface area contributed by atoms with Gasteiger partial charge in [-0.2, -0.15) is 9.40 Å². The molecule has 194 valence electrons. The summed E-state index contributed by atoms with van der Waals surface area (Å²) in [5.74, 6) is -3.12. The van der Waals surface area contributed by atoms with Gasteiger partial charge < -0.3 is 15.4 Å². The number of nitrogens with zero attached hydrogens (tertiary/aromatic N) is 3. The molecule has 37 heavy (non-hydrogen) atoms. The first kappa shape index (κ1) is 24.9. The van der Waals surface area contributed by atoms with E-state index in [2.05, 4.69) is 25.8 Å². The first-order valence-electron chi connectivity index (χ1n) is 11.4. The maximum atomic E-state index is 13.7. The number of sulfonamides is 1. The number of carbonyl (C=O) groups excluding carboxylic acids is 2. The monoisotopic (exact) mass is 532 g/mol. The maximum absolute atomic E-state index is 13.7. The lowest BCUT2D eigenvalue weighted by atomic mass is 10.1. The van der Waals surface area contributed by atoms with Gasteiger partial charge in [0.25, 0.3) is 5.91 Å². The zero-order chi connectivity index (χ0) is 26.2. The van der Waals surface area contributed by atoms with E-state index in [0.29, 0.717) is 37.0 Å². The number of nitrogens with one attached hydrogen (secondary N) is 3. The van der Waals surface area contributed by atoms with Crippen LogP contribution < -0.4 is 10.6 Å². The molecule has 5 rings (SSSR count). The Bertz CT molecular complexity index is 1450. The van der Waals surface area contributed by atoms with Crippen molar-refractivity contribution < 1.29 is 31.5 Å². The Labute approximate surface area is 210 Å². The highest BCUT2D eigenvalue weighted by molar-refractivity contribution is 7.89. The predicted molar refractivity (Wildman–Crippen MR) is 126 cm³/mol. The van der Waals surface area contributed by atoms with Crippen molar-refractivity contribution in [2.75, 3.05) is 30.4 Å². The van der Waals surface area contributed by atoms with E-state index in [4.69, 9.17) is 4.74 Å². The Balaban J connectivity index is 1.35. The van der Waals surface area contributed by atoms with Crippen molar-refractivity contribution in [2.24, 2.45) is 5.92 Å². The second-order valence-corrected chi connectivity index (χ2v) is 10.6.